The van der Waals surface area contributed by atoms with E-state index in [0.29, 0.717) is 30.2 Å². The molecule has 1 aliphatic heterocycles. The monoisotopic (exact) mass is 505 g/mol. The predicted molar refractivity (Wildman–Crippen MR) is 141 cm³/mol. The van der Waals surface area contributed by atoms with Crippen LogP contribution in [0, 0.1) is 0 Å². The minimum atomic E-state index is -1.04. The maximum Gasteiger partial charge on any atom is 0.341 e. The third-order valence-electron chi connectivity index (χ3n) is 6.46. The molecule has 1 aromatic heterocycles. The molecular formula is C30H35NO6. The maximum atomic E-state index is 11.0. The molecule has 0 radical (unpaired) electrons. The topological polar surface area (TPSA) is 98.1 Å². The van der Waals surface area contributed by atoms with Crippen molar-refractivity contribution in [3.05, 3.63) is 71.4 Å². The van der Waals surface area contributed by atoms with Gasteiger partial charge in [-0.05, 0) is 67.3 Å². The van der Waals surface area contributed by atoms with Gasteiger partial charge in [0.15, 0.2) is 6.61 Å². The van der Waals surface area contributed by atoms with Gasteiger partial charge in [0.05, 0.1) is 11.8 Å². The van der Waals surface area contributed by atoms with Crippen molar-refractivity contribution in [2.75, 3.05) is 19.8 Å². The summed E-state index contributed by atoms with van der Waals surface area (Å²) in [5.74, 6) is -0.128. The van der Waals surface area contributed by atoms with Crippen molar-refractivity contribution >= 4 is 5.97 Å². The molecule has 37 heavy (non-hydrogen) atoms. The highest BCUT2D eigenvalue weighted by atomic mass is 16.5. The zero-order chi connectivity index (χ0) is 26.0. The molecular weight excluding hydrogens is 470 g/mol. The summed E-state index contributed by atoms with van der Waals surface area (Å²) in [6, 6.07) is 17.2. The van der Waals surface area contributed by atoms with Crippen LogP contribution in [0.4, 0.5) is 0 Å². The molecule has 1 atom stereocenters. The van der Waals surface area contributed by atoms with E-state index in [4.69, 9.17) is 24.3 Å². The Morgan fingerprint density at radius 3 is 2.38 bits per heavy atom. The van der Waals surface area contributed by atoms with Crippen molar-refractivity contribution in [2.24, 2.45) is 0 Å². The molecule has 196 valence electrons. The van der Waals surface area contributed by atoms with E-state index in [1.165, 1.54) is 11.1 Å². The van der Waals surface area contributed by atoms with E-state index < -0.39 is 12.6 Å². The molecule has 1 unspecified atom stereocenters. The number of aryl methyl sites for hydroxylation is 3. The lowest BCUT2D eigenvalue weighted by molar-refractivity contribution is -0.139. The number of hydrogen-bond donors (Lipinski definition) is 2. The van der Waals surface area contributed by atoms with E-state index in [1.54, 1.807) is 30.3 Å². The molecule has 7 heteroatoms. The van der Waals surface area contributed by atoms with Gasteiger partial charge in [-0.3, -0.25) is 0 Å². The second-order valence-electron chi connectivity index (χ2n) is 9.37. The van der Waals surface area contributed by atoms with Crippen LogP contribution in [0.15, 0.2) is 54.6 Å². The third kappa shape index (κ3) is 7.70. The van der Waals surface area contributed by atoms with Gasteiger partial charge in [0, 0.05) is 18.2 Å². The number of carboxylic acid groups (broad SMARTS) is 1. The lowest BCUT2D eigenvalue weighted by Gasteiger charge is -2.22. The number of aromatic nitrogens is 1. The highest BCUT2D eigenvalue weighted by Gasteiger charge is 2.18. The van der Waals surface area contributed by atoms with Gasteiger partial charge in [-0.15, -0.1) is 0 Å². The molecule has 0 amide bonds. The molecule has 2 heterocycles. The van der Waals surface area contributed by atoms with Crippen molar-refractivity contribution in [3.8, 4) is 28.5 Å². The first kappa shape index (κ1) is 26.5. The van der Waals surface area contributed by atoms with E-state index in [-0.39, 0.29) is 11.9 Å². The van der Waals surface area contributed by atoms with Crippen LogP contribution in [0.1, 0.15) is 49.4 Å². The maximum absolute atomic E-state index is 11.0. The Hall–Kier alpha value is -3.58. The highest BCUT2D eigenvalue weighted by molar-refractivity contribution is 5.74. The quantitative estimate of drug-likeness (QED) is 0.330. The van der Waals surface area contributed by atoms with Crippen molar-refractivity contribution in [1.82, 2.24) is 4.98 Å². The van der Waals surface area contributed by atoms with Crippen molar-refractivity contribution < 1.29 is 29.2 Å². The number of ether oxygens (including phenoxy) is 3. The van der Waals surface area contributed by atoms with Crippen molar-refractivity contribution in [1.29, 1.82) is 0 Å². The minimum Gasteiger partial charge on any atom is -0.507 e. The van der Waals surface area contributed by atoms with Gasteiger partial charge in [-0.25, -0.2) is 9.78 Å². The molecule has 3 aromatic rings. The summed E-state index contributed by atoms with van der Waals surface area (Å²) < 4.78 is 17.0. The first-order chi connectivity index (χ1) is 18.0. The van der Waals surface area contributed by atoms with E-state index in [1.807, 2.05) is 0 Å². The van der Waals surface area contributed by atoms with Crippen molar-refractivity contribution in [2.45, 2.75) is 58.0 Å². The summed E-state index contributed by atoms with van der Waals surface area (Å²) in [5.41, 5.74) is 4.66. The molecule has 1 fully saturated rings. The average Bonchev–Trinajstić information content (AvgIpc) is 2.91. The fraction of sp³-hybridized carbons (Fsp3) is 0.400. The number of benzene rings is 2. The highest BCUT2D eigenvalue weighted by Crippen LogP contribution is 2.36. The standard InChI is InChI=1S/C30H35NO6/c1-2-5-21-7-9-22(10-8-21)11-16-26-30(23-12-14-24(15-13-23)36-20-29(33)34)27(32)18-28(31-26)37-19-25-6-3-4-17-35-25/h7-10,12-15,18,25H,2-6,11,16-17,19-20H2,1H3,(H,31,32)(H,33,34). The van der Waals surface area contributed by atoms with Crippen LogP contribution in [0.3, 0.4) is 0 Å². The van der Waals surface area contributed by atoms with E-state index >= 15 is 0 Å². The SMILES string of the molecule is CCCc1ccc(CCc2nc(OCC3CCCCO3)cc(O)c2-c2ccc(OCC(=O)O)cc2)cc1. The minimum absolute atomic E-state index is 0.0424. The molecule has 0 spiro atoms. The number of aromatic hydroxyl groups is 1. The molecule has 1 aliphatic rings. The third-order valence-corrected chi connectivity index (χ3v) is 6.46. The van der Waals surface area contributed by atoms with Gasteiger partial charge >= 0.3 is 5.97 Å². The zero-order valence-electron chi connectivity index (χ0n) is 21.3. The second kappa shape index (κ2) is 13.1. The molecule has 2 aromatic carbocycles. The van der Waals surface area contributed by atoms with Crippen LogP contribution in [-0.4, -0.2) is 47.1 Å². The van der Waals surface area contributed by atoms with Gasteiger partial charge < -0.3 is 24.4 Å². The molecule has 0 aliphatic carbocycles. The smallest absolute Gasteiger partial charge is 0.341 e. The Kier molecular flexibility index (Phi) is 9.38. The number of aliphatic carboxylic acids is 1. The van der Waals surface area contributed by atoms with Gasteiger partial charge in [-0.1, -0.05) is 49.7 Å². The summed E-state index contributed by atoms with van der Waals surface area (Å²) in [6.45, 7) is 2.92. The Morgan fingerprint density at radius 1 is 1.00 bits per heavy atom. The Morgan fingerprint density at radius 2 is 1.73 bits per heavy atom. The first-order valence-electron chi connectivity index (χ1n) is 13.0. The number of carboxylic acids is 1. The molecule has 2 N–H and O–H groups in total. The molecule has 0 saturated carbocycles. The zero-order valence-corrected chi connectivity index (χ0v) is 21.3. The summed E-state index contributed by atoms with van der Waals surface area (Å²) in [5, 5.41) is 19.9. The molecule has 4 rings (SSSR count). The molecule has 7 nitrogen and oxygen atoms in total. The summed E-state index contributed by atoms with van der Waals surface area (Å²) in [7, 11) is 0. The summed E-state index contributed by atoms with van der Waals surface area (Å²) >= 11 is 0. The number of pyridine rings is 1. The molecule has 0 bridgehead atoms. The number of carbonyl (C=O) groups is 1. The Bertz CT molecular complexity index is 1150. The normalized spacial score (nSPS) is 15.3. The number of nitrogens with zero attached hydrogens (tertiary/aromatic N) is 1. The van der Waals surface area contributed by atoms with Crippen LogP contribution in [0.2, 0.25) is 0 Å². The summed E-state index contributed by atoms with van der Waals surface area (Å²) in [4.78, 5) is 15.6. The summed E-state index contributed by atoms with van der Waals surface area (Å²) in [6.07, 6.45) is 6.77. The molecule has 1 saturated heterocycles. The average molecular weight is 506 g/mol. The predicted octanol–water partition coefficient (Wildman–Crippen LogP) is 5.60. The van der Waals surface area contributed by atoms with Gasteiger partial charge in [0.25, 0.3) is 0 Å². The van der Waals surface area contributed by atoms with Gasteiger partial charge in [0.2, 0.25) is 5.88 Å². The van der Waals surface area contributed by atoms with Crippen LogP contribution >= 0.6 is 0 Å². The number of rotatable bonds is 12. The first-order valence-corrected chi connectivity index (χ1v) is 13.0. The van der Waals surface area contributed by atoms with E-state index in [0.717, 1.165) is 56.4 Å². The van der Waals surface area contributed by atoms with E-state index in [9.17, 15) is 9.90 Å². The van der Waals surface area contributed by atoms with E-state index in [2.05, 4.69) is 31.2 Å². The van der Waals surface area contributed by atoms with Crippen LogP contribution in [0.5, 0.6) is 17.4 Å². The fourth-order valence-corrected chi connectivity index (χ4v) is 4.53. The van der Waals surface area contributed by atoms with Gasteiger partial charge in [0.1, 0.15) is 18.1 Å². The largest absolute Gasteiger partial charge is 0.507 e. The Labute approximate surface area is 218 Å². The van der Waals surface area contributed by atoms with Crippen LogP contribution < -0.4 is 9.47 Å². The van der Waals surface area contributed by atoms with Crippen LogP contribution in [-0.2, 0) is 28.8 Å². The van der Waals surface area contributed by atoms with Crippen molar-refractivity contribution in [3.63, 3.8) is 0 Å². The van der Waals surface area contributed by atoms with Gasteiger partial charge in [-0.2, -0.15) is 0 Å². The van der Waals surface area contributed by atoms with Crippen LogP contribution in [0.25, 0.3) is 11.1 Å². The lowest BCUT2D eigenvalue weighted by Crippen LogP contribution is -2.26. The fourth-order valence-electron chi connectivity index (χ4n) is 4.53. The lowest BCUT2D eigenvalue weighted by atomic mass is 9.97. The second-order valence-corrected chi connectivity index (χ2v) is 9.37. The number of hydrogen-bond acceptors (Lipinski definition) is 6. The Balaban J connectivity index is 1.56.